The predicted octanol–water partition coefficient (Wildman–Crippen LogP) is 1.12. The number of hydrogen-bond acceptors (Lipinski definition) is 3. The smallest absolute Gasteiger partial charge is 0.271 e. The molecule has 0 unspecified atom stereocenters. The molecule has 0 saturated heterocycles. The molecule has 0 atom stereocenters. The Morgan fingerprint density at radius 1 is 1.47 bits per heavy atom. The van der Waals surface area contributed by atoms with Gasteiger partial charge in [-0.2, -0.15) is 5.10 Å². The number of imidazole rings is 1. The fourth-order valence-electron chi connectivity index (χ4n) is 1.13. The summed E-state index contributed by atoms with van der Waals surface area (Å²) in [6.07, 6.45) is 3.15. The van der Waals surface area contributed by atoms with Crippen LogP contribution in [0.3, 0.4) is 0 Å². The summed E-state index contributed by atoms with van der Waals surface area (Å²) >= 11 is 0. The van der Waals surface area contributed by atoms with E-state index >= 15 is 0 Å². The quantitative estimate of drug-likeness (QED) is 0.760. The summed E-state index contributed by atoms with van der Waals surface area (Å²) < 4.78 is 1.56. The molecule has 2 rings (SSSR count). The van der Waals surface area contributed by atoms with Crippen LogP contribution in [0.4, 0.5) is 0 Å². The van der Waals surface area contributed by atoms with Crippen molar-refractivity contribution in [3.8, 4) is 0 Å². The highest BCUT2D eigenvalue weighted by Crippen LogP contribution is 2.06. The number of hydrogen-bond donors (Lipinski definition) is 1. The molecule has 0 aliphatic carbocycles. The fraction of sp³-hybridized carbons (Fsp3) is 0.300. The van der Waals surface area contributed by atoms with E-state index in [1.165, 1.54) is 6.33 Å². The molecule has 80 valence electrons. The molecule has 5 heteroatoms. The first kappa shape index (κ1) is 11.2. The first-order valence-corrected chi connectivity index (χ1v) is 4.83. The van der Waals surface area contributed by atoms with Crippen molar-refractivity contribution in [3.63, 3.8) is 0 Å². The predicted molar refractivity (Wildman–Crippen MR) is 57.7 cm³/mol. The molecular formula is C10H14N4O. The average Bonchev–Trinajstić information content (AvgIpc) is 2.74. The minimum atomic E-state index is -0.199. The Bertz CT molecular complexity index is 449. The normalized spacial score (nSPS) is 9.27. The van der Waals surface area contributed by atoms with E-state index < -0.39 is 0 Å². The Balaban J connectivity index is 0.000000531. The molecule has 1 amide bonds. The SMILES string of the molecule is CC.CNC(=O)c1ncn2ncccc12. The number of aromatic nitrogens is 3. The van der Waals surface area contributed by atoms with Crippen LogP contribution in [-0.2, 0) is 0 Å². The standard InChI is InChI=1S/C8H8N4O.C2H6/c1-9-8(13)7-6-3-2-4-11-12(6)5-10-7;1-2/h2-5H,1H3,(H,9,13);1-2H3. The van der Waals surface area contributed by atoms with E-state index in [0.29, 0.717) is 11.2 Å². The lowest BCUT2D eigenvalue weighted by Gasteiger charge is -1.94. The second-order valence-electron chi connectivity index (χ2n) is 2.53. The Morgan fingerprint density at radius 2 is 2.20 bits per heavy atom. The third-order valence-corrected chi connectivity index (χ3v) is 1.76. The molecule has 2 aromatic rings. The van der Waals surface area contributed by atoms with E-state index in [9.17, 15) is 4.79 Å². The van der Waals surface area contributed by atoms with Crippen molar-refractivity contribution in [1.29, 1.82) is 0 Å². The molecule has 0 radical (unpaired) electrons. The van der Waals surface area contributed by atoms with E-state index in [-0.39, 0.29) is 5.91 Å². The van der Waals surface area contributed by atoms with Gasteiger partial charge in [-0.3, -0.25) is 4.79 Å². The van der Waals surface area contributed by atoms with Crippen LogP contribution in [-0.4, -0.2) is 27.6 Å². The van der Waals surface area contributed by atoms with Crippen LogP contribution in [0.2, 0.25) is 0 Å². The number of nitrogens with zero attached hydrogens (tertiary/aromatic N) is 3. The lowest BCUT2D eigenvalue weighted by atomic mass is 10.3. The van der Waals surface area contributed by atoms with Gasteiger partial charge in [0, 0.05) is 13.2 Å². The first-order chi connectivity index (χ1) is 7.33. The van der Waals surface area contributed by atoms with Gasteiger partial charge in [0.1, 0.15) is 6.33 Å². The average molecular weight is 206 g/mol. The third-order valence-electron chi connectivity index (χ3n) is 1.76. The lowest BCUT2D eigenvalue weighted by Crippen LogP contribution is -2.18. The number of fused-ring (bicyclic) bond motifs is 1. The molecule has 0 aliphatic rings. The van der Waals surface area contributed by atoms with Crippen molar-refractivity contribution in [2.24, 2.45) is 0 Å². The number of rotatable bonds is 1. The maximum Gasteiger partial charge on any atom is 0.271 e. The Hall–Kier alpha value is -1.91. The van der Waals surface area contributed by atoms with Gasteiger partial charge >= 0.3 is 0 Å². The van der Waals surface area contributed by atoms with Crippen LogP contribution in [0.15, 0.2) is 24.7 Å². The van der Waals surface area contributed by atoms with E-state index in [2.05, 4.69) is 15.4 Å². The largest absolute Gasteiger partial charge is 0.354 e. The summed E-state index contributed by atoms with van der Waals surface area (Å²) in [6, 6.07) is 3.56. The first-order valence-electron chi connectivity index (χ1n) is 4.83. The Kier molecular flexibility index (Phi) is 3.79. The second-order valence-corrected chi connectivity index (χ2v) is 2.53. The zero-order valence-electron chi connectivity index (χ0n) is 9.06. The van der Waals surface area contributed by atoms with E-state index in [4.69, 9.17) is 0 Å². The van der Waals surface area contributed by atoms with Crippen molar-refractivity contribution < 1.29 is 4.79 Å². The highest BCUT2D eigenvalue weighted by molar-refractivity contribution is 5.98. The van der Waals surface area contributed by atoms with Crippen molar-refractivity contribution in [1.82, 2.24) is 19.9 Å². The van der Waals surface area contributed by atoms with Gasteiger partial charge in [0.05, 0.1) is 5.52 Å². The second kappa shape index (κ2) is 5.09. The topological polar surface area (TPSA) is 59.3 Å². The number of nitrogens with one attached hydrogen (secondary N) is 1. The summed E-state index contributed by atoms with van der Waals surface area (Å²) in [7, 11) is 1.57. The summed E-state index contributed by atoms with van der Waals surface area (Å²) in [4.78, 5) is 15.2. The molecule has 15 heavy (non-hydrogen) atoms. The van der Waals surface area contributed by atoms with Gasteiger partial charge < -0.3 is 5.32 Å². The van der Waals surface area contributed by atoms with Crippen LogP contribution in [0.1, 0.15) is 24.3 Å². The third kappa shape index (κ3) is 2.12. The van der Waals surface area contributed by atoms with E-state index in [1.54, 1.807) is 29.9 Å². The summed E-state index contributed by atoms with van der Waals surface area (Å²) in [5.41, 5.74) is 1.11. The van der Waals surface area contributed by atoms with Crippen LogP contribution < -0.4 is 5.32 Å². The molecular weight excluding hydrogens is 192 g/mol. The van der Waals surface area contributed by atoms with Gasteiger partial charge in [0.25, 0.3) is 5.91 Å². The Morgan fingerprint density at radius 3 is 2.87 bits per heavy atom. The summed E-state index contributed by atoms with van der Waals surface area (Å²) in [5, 5.41) is 6.51. The zero-order chi connectivity index (χ0) is 11.3. The van der Waals surface area contributed by atoms with Crippen molar-refractivity contribution in [3.05, 3.63) is 30.4 Å². The molecule has 0 aromatic carbocycles. The molecule has 1 N–H and O–H groups in total. The van der Waals surface area contributed by atoms with Gasteiger partial charge in [-0.25, -0.2) is 9.50 Å². The zero-order valence-corrected chi connectivity index (χ0v) is 9.06. The summed E-state index contributed by atoms with van der Waals surface area (Å²) in [6.45, 7) is 4.00. The van der Waals surface area contributed by atoms with Gasteiger partial charge in [-0.05, 0) is 12.1 Å². The van der Waals surface area contributed by atoms with Crippen LogP contribution >= 0.6 is 0 Å². The highest BCUT2D eigenvalue weighted by Gasteiger charge is 2.10. The fourth-order valence-corrected chi connectivity index (χ4v) is 1.13. The van der Waals surface area contributed by atoms with Crippen molar-refractivity contribution in [2.45, 2.75) is 13.8 Å². The molecule has 2 aromatic heterocycles. The van der Waals surface area contributed by atoms with Crippen molar-refractivity contribution >= 4 is 11.4 Å². The number of carbonyl (C=O) groups excluding carboxylic acids is 1. The molecule has 5 nitrogen and oxygen atoms in total. The van der Waals surface area contributed by atoms with Gasteiger partial charge in [-0.1, -0.05) is 13.8 Å². The molecule has 2 heterocycles. The maximum atomic E-state index is 11.3. The number of amides is 1. The monoisotopic (exact) mass is 206 g/mol. The van der Waals surface area contributed by atoms with Crippen molar-refractivity contribution in [2.75, 3.05) is 7.05 Å². The highest BCUT2D eigenvalue weighted by atomic mass is 16.1. The van der Waals surface area contributed by atoms with E-state index in [1.807, 2.05) is 13.8 Å². The molecule has 0 fully saturated rings. The van der Waals surface area contributed by atoms with Gasteiger partial charge in [0.2, 0.25) is 0 Å². The minimum Gasteiger partial charge on any atom is -0.354 e. The Labute approximate surface area is 88.1 Å². The molecule has 0 aliphatic heterocycles. The minimum absolute atomic E-state index is 0.199. The van der Waals surface area contributed by atoms with Gasteiger partial charge in [-0.15, -0.1) is 0 Å². The van der Waals surface area contributed by atoms with Crippen LogP contribution in [0.25, 0.3) is 5.52 Å². The van der Waals surface area contributed by atoms with Crippen LogP contribution in [0.5, 0.6) is 0 Å². The molecule has 0 spiro atoms. The summed E-state index contributed by atoms with van der Waals surface area (Å²) in [5.74, 6) is -0.199. The lowest BCUT2D eigenvalue weighted by molar-refractivity contribution is 0.0960. The molecule has 0 saturated carbocycles. The van der Waals surface area contributed by atoms with E-state index in [0.717, 1.165) is 0 Å². The van der Waals surface area contributed by atoms with Gasteiger partial charge in [0.15, 0.2) is 5.69 Å². The maximum absolute atomic E-state index is 11.3. The van der Waals surface area contributed by atoms with Crippen LogP contribution in [0, 0.1) is 0 Å². The number of carbonyl (C=O) groups is 1. The molecule has 0 bridgehead atoms.